The lowest BCUT2D eigenvalue weighted by molar-refractivity contribution is -0.141. The number of carbonyl (C=O) groups is 2. The molecule has 0 saturated carbocycles. The first kappa shape index (κ1) is 15.8. The Morgan fingerprint density at radius 2 is 1.75 bits per heavy atom. The summed E-state index contributed by atoms with van der Waals surface area (Å²) in [6, 6.07) is 6.61. The molecule has 0 bridgehead atoms. The van der Waals surface area contributed by atoms with E-state index in [2.05, 4.69) is 10.6 Å². The zero-order chi connectivity index (χ0) is 15.0. The maximum Gasteiger partial charge on any atom is 0.411 e. The Morgan fingerprint density at radius 1 is 1.15 bits per heavy atom. The smallest absolute Gasteiger partial charge is 0.411 e. The molecule has 2 N–H and O–H groups in total. The van der Waals surface area contributed by atoms with Crippen LogP contribution in [0.5, 0.6) is 0 Å². The highest BCUT2D eigenvalue weighted by Gasteiger charge is 2.16. The Bertz CT molecular complexity index is 445. The minimum atomic E-state index is -0.491. The fourth-order valence-corrected chi connectivity index (χ4v) is 1.61. The lowest BCUT2D eigenvalue weighted by Gasteiger charge is -2.16. The zero-order valence-corrected chi connectivity index (χ0v) is 11.9. The summed E-state index contributed by atoms with van der Waals surface area (Å²) < 4.78 is 9.48. The number of esters is 1. The van der Waals surface area contributed by atoms with E-state index in [1.165, 1.54) is 7.11 Å². The molecular formula is C14H20N2O4. The van der Waals surface area contributed by atoms with Crippen LogP contribution in [-0.4, -0.2) is 31.8 Å². The molecule has 20 heavy (non-hydrogen) atoms. The first-order chi connectivity index (χ1) is 9.60. The third-order valence-electron chi connectivity index (χ3n) is 2.64. The minimum Gasteiger partial charge on any atom is -0.467 e. The number of methoxy groups -OCH3 is 1. The standard InChI is InChI=1S/C14H20N2O4/c1-4-12(13(17)19-3)15-10-6-8-11(9-7-10)16-14(18)20-5-2/h6-9,12,15H,4-5H2,1-3H3,(H,16,18). The average Bonchev–Trinajstić information content (AvgIpc) is 2.46. The molecule has 0 radical (unpaired) electrons. The van der Waals surface area contributed by atoms with Crippen molar-refractivity contribution in [2.45, 2.75) is 26.3 Å². The lowest BCUT2D eigenvalue weighted by atomic mass is 10.2. The molecule has 110 valence electrons. The van der Waals surface area contributed by atoms with Crippen LogP contribution in [0.3, 0.4) is 0 Å². The van der Waals surface area contributed by atoms with Gasteiger partial charge in [-0.2, -0.15) is 0 Å². The number of hydrogen-bond acceptors (Lipinski definition) is 5. The van der Waals surface area contributed by atoms with Gasteiger partial charge in [-0.05, 0) is 37.6 Å². The van der Waals surface area contributed by atoms with E-state index in [0.717, 1.165) is 5.69 Å². The highest BCUT2D eigenvalue weighted by molar-refractivity contribution is 5.85. The van der Waals surface area contributed by atoms with Gasteiger partial charge < -0.3 is 14.8 Å². The fourth-order valence-electron chi connectivity index (χ4n) is 1.61. The summed E-state index contributed by atoms with van der Waals surface area (Å²) in [5, 5.41) is 5.66. The number of rotatable bonds is 6. The number of nitrogens with one attached hydrogen (secondary N) is 2. The van der Waals surface area contributed by atoms with Gasteiger partial charge in [0.05, 0.1) is 13.7 Å². The molecule has 6 nitrogen and oxygen atoms in total. The van der Waals surface area contributed by atoms with E-state index in [1.54, 1.807) is 31.2 Å². The van der Waals surface area contributed by atoms with Gasteiger partial charge in [0, 0.05) is 11.4 Å². The molecule has 0 aliphatic carbocycles. The van der Waals surface area contributed by atoms with Crippen molar-refractivity contribution in [2.24, 2.45) is 0 Å². The molecule has 1 amide bonds. The van der Waals surface area contributed by atoms with Crippen molar-refractivity contribution >= 4 is 23.4 Å². The van der Waals surface area contributed by atoms with Crippen molar-refractivity contribution < 1.29 is 19.1 Å². The molecule has 1 aromatic rings. The predicted octanol–water partition coefficient (Wildman–Crippen LogP) is 2.62. The molecule has 1 rings (SSSR count). The van der Waals surface area contributed by atoms with Crippen LogP contribution >= 0.6 is 0 Å². The monoisotopic (exact) mass is 280 g/mol. The maximum absolute atomic E-state index is 11.5. The van der Waals surface area contributed by atoms with Crippen LogP contribution in [-0.2, 0) is 14.3 Å². The largest absolute Gasteiger partial charge is 0.467 e. The molecule has 1 aromatic carbocycles. The summed E-state index contributed by atoms with van der Waals surface area (Å²) in [5.41, 5.74) is 1.40. The molecule has 6 heteroatoms. The Hall–Kier alpha value is -2.24. The van der Waals surface area contributed by atoms with Crippen LogP contribution in [0.1, 0.15) is 20.3 Å². The highest BCUT2D eigenvalue weighted by atomic mass is 16.5. The molecule has 0 aliphatic rings. The normalized spacial score (nSPS) is 11.3. The van der Waals surface area contributed by atoms with Crippen molar-refractivity contribution in [3.63, 3.8) is 0 Å². The first-order valence-corrected chi connectivity index (χ1v) is 6.48. The third kappa shape index (κ3) is 4.79. The second-order valence-electron chi connectivity index (χ2n) is 4.05. The van der Waals surface area contributed by atoms with E-state index in [9.17, 15) is 9.59 Å². The SMILES string of the molecule is CCOC(=O)Nc1ccc(NC(CC)C(=O)OC)cc1. The van der Waals surface area contributed by atoms with Crippen LogP contribution in [0.15, 0.2) is 24.3 Å². The number of benzene rings is 1. The summed E-state index contributed by atoms with van der Waals surface area (Å²) >= 11 is 0. The van der Waals surface area contributed by atoms with Crippen LogP contribution in [0.25, 0.3) is 0 Å². The van der Waals surface area contributed by atoms with Crippen molar-refractivity contribution in [2.75, 3.05) is 24.4 Å². The van der Waals surface area contributed by atoms with Crippen molar-refractivity contribution in [1.29, 1.82) is 0 Å². The van der Waals surface area contributed by atoms with Gasteiger partial charge in [-0.3, -0.25) is 5.32 Å². The van der Waals surface area contributed by atoms with E-state index < -0.39 is 6.09 Å². The van der Waals surface area contributed by atoms with Gasteiger partial charge in [-0.25, -0.2) is 9.59 Å². The van der Waals surface area contributed by atoms with Crippen molar-refractivity contribution in [3.05, 3.63) is 24.3 Å². The van der Waals surface area contributed by atoms with Gasteiger partial charge >= 0.3 is 12.1 Å². The van der Waals surface area contributed by atoms with E-state index >= 15 is 0 Å². The highest BCUT2D eigenvalue weighted by Crippen LogP contribution is 2.15. The minimum absolute atomic E-state index is 0.304. The molecule has 1 atom stereocenters. The average molecular weight is 280 g/mol. The third-order valence-corrected chi connectivity index (χ3v) is 2.64. The Balaban J connectivity index is 2.62. The molecular weight excluding hydrogens is 260 g/mol. The van der Waals surface area contributed by atoms with Crippen LogP contribution in [0, 0.1) is 0 Å². The molecule has 0 fully saturated rings. The summed E-state index contributed by atoms with van der Waals surface area (Å²) in [4.78, 5) is 22.7. The lowest BCUT2D eigenvalue weighted by Crippen LogP contribution is -2.29. The number of amides is 1. The van der Waals surface area contributed by atoms with Crippen LogP contribution < -0.4 is 10.6 Å². The molecule has 0 spiro atoms. The van der Waals surface area contributed by atoms with Gasteiger partial charge in [0.1, 0.15) is 6.04 Å². The number of carbonyl (C=O) groups excluding carboxylic acids is 2. The zero-order valence-electron chi connectivity index (χ0n) is 11.9. The molecule has 0 aromatic heterocycles. The van der Waals surface area contributed by atoms with E-state index in [0.29, 0.717) is 18.7 Å². The molecule has 1 unspecified atom stereocenters. The topological polar surface area (TPSA) is 76.7 Å². The van der Waals surface area contributed by atoms with E-state index in [1.807, 2.05) is 6.92 Å². The van der Waals surface area contributed by atoms with Crippen molar-refractivity contribution in [1.82, 2.24) is 0 Å². The van der Waals surface area contributed by atoms with E-state index in [4.69, 9.17) is 9.47 Å². The van der Waals surface area contributed by atoms with Gasteiger partial charge in [0.15, 0.2) is 0 Å². The molecule has 0 aliphatic heterocycles. The van der Waals surface area contributed by atoms with Crippen LogP contribution in [0.4, 0.5) is 16.2 Å². The van der Waals surface area contributed by atoms with Gasteiger partial charge in [0.25, 0.3) is 0 Å². The molecule has 0 saturated heterocycles. The predicted molar refractivity (Wildman–Crippen MR) is 76.8 cm³/mol. The number of ether oxygens (including phenoxy) is 2. The van der Waals surface area contributed by atoms with Crippen molar-refractivity contribution in [3.8, 4) is 0 Å². The van der Waals surface area contributed by atoms with Crippen LogP contribution in [0.2, 0.25) is 0 Å². The Labute approximate surface area is 118 Å². The first-order valence-electron chi connectivity index (χ1n) is 6.48. The Kier molecular flexibility index (Phi) is 6.36. The van der Waals surface area contributed by atoms with Gasteiger partial charge in [-0.1, -0.05) is 6.92 Å². The number of hydrogen-bond donors (Lipinski definition) is 2. The number of anilines is 2. The summed E-state index contributed by atoms with van der Waals surface area (Å²) in [6.45, 7) is 3.96. The Morgan fingerprint density at radius 3 is 2.25 bits per heavy atom. The van der Waals surface area contributed by atoms with Gasteiger partial charge in [0.2, 0.25) is 0 Å². The second kappa shape index (κ2) is 8.04. The summed E-state index contributed by atoms with van der Waals surface area (Å²) in [5.74, 6) is -0.304. The summed E-state index contributed by atoms with van der Waals surface area (Å²) in [7, 11) is 1.36. The quantitative estimate of drug-likeness (QED) is 0.783. The maximum atomic E-state index is 11.5. The molecule has 0 heterocycles. The second-order valence-corrected chi connectivity index (χ2v) is 4.05. The van der Waals surface area contributed by atoms with E-state index in [-0.39, 0.29) is 12.0 Å². The summed E-state index contributed by atoms with van der Waals surface area (Å²) in [6.07, 6.45) is 0.129. The fraction of sp³-hybridized carbons (Fsp3) is 0.429. The van der Waals surface area contributed by atoms with Gasteiger partial charge in [-0.15, -0.1) is 0 Å².